The standard InChI is InChI=1S/C16H28N2O3/c1-15(2,3)18-8-6-10(7-9-18)17-13(19)11-12(14(20)21)16(11,4)5/h10-12H,6-9H2,1-5H3,(H,17,19)(H,20,21)/t11-,12+/m1/s1. The van der Waals surface area contributed by atoms with Crippen LogP contribution in [-0.4, -0.2) is 46.6 Å². The lowest BCUT2D eigenvalue weighted by Gasteiger charge is -2.41. The topological polar surface area (TPSA) is 69.6 Å². The molecule has 0 aromatic carbocycles. The first-order chi connectivity index (χ1) is 9.55. The van der Waals surface area contributed by atoms with Crippen LogP contribution in [0.2, 0.25) is 0 Å². The molecule has 5 heteroatoms. The molecule has 0 aromatic heterocycles. The smallest absolute Gasteiger partial charge is 0.307 e. The van der Waals surface area contributed by atoms with Crippen molar-refractivity contribution in [3.05, 3.63) is 0 Å². The Morgan fingerprint density at radius 3 is 2.05 bits per heavy atom. The van der Waals surface area contributed by atoms with Gasteiger partial charge in [0.05, 0.1) is 11.8 Å². The van der Waals surface area contributed by atoms with E-state index in [4.69, 9.17) is 5.11 Å². The van der Waals surface area contributed by atoms with Crippen LogP contribution < -0.4 is 5.32 Å². The quantitative estimate of drug-likeness (QED) is 0.832. The zero-order valence-electron chi connectivity index (χ0n) is 13.8. The largest absolute Gasteiger partial charge is 0.481 e. The number of carbonyl (C=O) groups excluding carboxylic acids is 1. The van der Waals surface area contributed by atoms with Gasteiger partial charge in [0.25, 0.3) is 0 Å². The second-order valence-corrected chi connectivity index (χ2v) is 8.06. The molecule has 1 saturated carbocycles. The Labute approximate surface area is 127 Å². The van der Waals surface area contributed by atoms with Crippen LogP contribution in [-0.2, 0) is 9.59 Å². The fourth-order valence-corrected chi connectivity index (χ4v) is 3.57. The van der Waals surface area contributed by atoms with Gasteiger partial charge in [0.2, 0.25) is 5.91 Å². The first-order valence-electron chi connectivity index (χ1n) is 7.83. The van der Waals surface area contributed by atoms with E-state index in [9.17, 15) is 9.59 Å². The second-order valence-electron chi connectivity index (χ2n) is 8.06. The predicted octanol–water partition coefficient (Wildman–Crippen LogP) is 1.72. The molecule has 2 atom stereocenters. The third-order valence-electron chi connectivity index (χ3n) is 5.17. The van der Waals surface area contributed by atoms with Gasteiger partial charge >= 0.3 is 5.97 Å². The van der Waals surface area contributed by atoms with Crippen molar-refractivity contribution >= 4 is 11.9 Å². The minimum atomic E-state index is -0.859. The summed E-state index contributed by atoms with van der Waals surface area (Å²) in [5.74, 6) is -1.85. The Bertz CT molecular complexity index is 431. The van der Waals surface area contributed by atoms with E-state index >= 15 is 0 Å². The summed E-state index contributed by atoms with van der Waals surface area (Å²) < 4.78 is 0. The Balaban J connectivity index is 1.85. The van der Waals surface area contributed by atoms with E-state index in [-0.39, 0.29) is 23.4 Å². The molecule has 1 heterocycles. The van der Waals surface area contributed by atoms with Crippen molar-refractivity contribution in [2.75, 3.05) is 13.1 Å². The zero-order chi connectivity index (χ0) is 16.0. The van der Waals surface area contributed by atoms with Gasteiger partial charge in [-0.3, -0.25) is 14.5 Å². The van der Waals surface area contributed by atoms with E-state index in [1.165, 1.54) is 0 Å². The molecule has 0 radical (unpaired) electrons. The Kier molecular flexibility index (Phi) is 4.08. The number of aliphatic carboxylic acids is 1. The molecule has 1 saturated heterocycles. The third kappa shape index (κ3) is 3.23. The summed E-state index contributed by atoms with van der Waals surface area (Å²) in [6.07, 6.45) is 1.88. The van der Waals surface area contributed by atoms with Gasteiger partial charge in [-0.05, 0) is 39.0 Å². The second kappa shape index (κ2) is 5.27. The highest BCUT2D eigenvalue weighted by Gasteiger charge is 2.66. The number of carbonyl (C=O) groups is 2. The van der Waals surface area contributed by atoms with Crippen LogP contribution in [0, 0.1) is 17.3 Å². The average Bonchev–Trinajstić information content (AvgIpc) is 2.92. The molecular formula is C16H28N2O3. The van der Waals surface area contributed by atoms with Crippen molar-refractivity contribution in [2.45, 2.75) is 59.0 Å². The molecule has 0 aromatic rings. The first-order valence-corrected chi connectivity index (χ1v) is 7.83. The molecule has 1 aliphatic heterocycles. The minimum absolute atomic E-state index is 0.0818. The van der Waals surface area contributed by atoms with Crippen LogP contribution in [0.4, 0.5) is 0 Å². The molecule has 5 nitrogen and oxygen atoms in total. The number of amides is 1. The number of hydrogen-bond acceptors (Lipinski definition) is 3. The van der Waals surface area contributed by atoms with Crippen molar-refractivity contribution in [2.24, 2.45) is 17.3 Å². The molecule has 2 fully saturated rings. The van der Waals surface area contributed by atoms with Crippen molar-refractivity contribution in [1.29, 1.82) is 0 Å². The van der Waals surface area contributed by atoms with Crippen molar-refractivity contribution in [3.8, 4) is 0 Å². The normalized spacial score (nSPS) is 30.0. The van der Waals surface area contributed by atoms with E-state index in [0.29, 0.717) is 0 Å². The number of piperidine rings is 1. The van der Waals surface area contributed by atoms with Crippen LogP contribution in [0.1, 0.15) is 47.5 Å². The van der Waals surface area contributed by atoms with Gasteiger partial charge in [-0.1, -0.05) is 13.8 Å². The first kappa shape index (κ1) is 16.3. The summed E-state index contributed by atoms with van der Waals surface area (Å²) in [7, 11) is 0. The van der Waals surface area contributed by atoms with E-state index in [1.54, 1.807) is 0 Å². The fraction of sp³-hybridized carbons (Fsp3) is 0.875. The van der Waals surface area contributed by atoms with Gasteiger partial charge in [0, 0.05) is 24.7 Å². The predicted molar refractivity (Wildman–Crippen MR) is 80.9 cm³/mol. The Hall–Kier alpha value is -1.10. The van der Waals surface area contributed by atoms with E-state index in [2.05, 4.69) is 31.0 Å². The lowest BCUT2D eigenvalue weighted by Crippen LogP contribution is -2.51. The van der Waals surface area contributed by atoms with Crippen molar-refractivity contribution in [3.63, 3.8) is 0 Å². The highest BCUT2D eigenvalue weighted by molar-refractivity contribution is 5.91. The van der Waals surface area contributed by atoms with Crippen LogP contribution in [0.5, 0.6) is 0 Å². The number of nitrogens with zero attached hydrogens (tertiary/aromatic N) is 1. The highest BCUT2D eigenvalue weighted by Crippen LogP contribution is 2.58. The molecule has 120 valence electrons. The summed E-state index contributed by atoms with van der Waals surface area (Å²) in [5.41, 5.74) is -0.246. The number of likely N-dealkylation sites (tertiary alicyclic amines) is 1. The van der Waals surface area contributed by atoms with Crippen LogP contribution in [0.3, 0.4) is 0 Å². The SMILES string of the molecule is CC1(C)[C@H](C(=O)O)[C@@H]1C(=O)NC1CCN(C(C)(C)C)CC1. The molecule has 0 spiro atoms. The zero-order valence-corrected chi connectivity index (χ0v) is 13.8. The van der Waals surface area contributed by atoms with E-state index < -0.39 is 17.3 Å². The monoisotopic (exact) mass is 296 g/mol. The van der Waals surface area contributed by atoms with Crippen LogP contribution in [0.25, 0.3) is 0 Å². The number of hydrogen-bond donors (Lipinski definition) is 2. The maximum absolute atomic E-state index is 12.3. The van der Waals surface area contributed by atoms with Crippen LogP contribution in [0.15, 0.2) is 0 Å². The third-order valence-corrected chi connectivity index (χ3v) is 5.17. The van der Waals surface area contributed by atoms with Gasteiger partial charge < -0.3 is 10.4 Å². The fourth-order valence-electron chi connectivity index (χ4n) is 3.57. The molecular weight excluding hydrogens is 268 g/mol. The molecule has 0 bridgehead atoms. The molecule has 2 N–H and O–H groups in total. The summed E-state index contributed by atoms with van der Waals surface area (Å²) in [5, 5.41) is 12.2. The molecule has 1 aliphatic carbocycles. The van der Waals surface area contributed by atoms with E-state index in [1.807, 2.05) is 13.8 Å². The summed E-state index contributed by atoms with van der Waals surface area (Å²) in [4.78, 5) is 25.9. The maximum Gasteiger partial charge on any atom is 0.307 e. The lowest BCUT2D eigenvalue weighted by atomic mass is 9.98. The number of rotatable bonds is 3. The number of carboxylic acids is 1. The molecule has 0 unspecified atom stereocenters. The lowest BCUT2D eigenvalue weighted by molar-refractivity contribution is -0.140. The Morgan fingerprint density at radius 2 is 1.67 bits per heavy atom. The van der Waals surface area contributed by atoms with Crippen molar-refractivity contribution in [1.82, 2.24) is 10.2 Å². The molecule has 21 heavy (non-hydrogen) atoms. The van der Waals surface area contributed by atoms with Gasteiger partial charge in [-0.25, -0.2) is 0 Å². The average molecular weight is 296 g/mol. The summed E-state index contributed by atoms with van der Waals surface area (Å²) in [6.45, 7) is 12.3. The molecule has 2 rings (SSSR count). The summed E-state index contributed by atoms with van der Waals surface area (Å²) in [6, 6.07) is 0.182. The van der Waals surface area contributed by atoms with Gasteiger partial charge in [0.1, 0.15) is 0 Å². The van der Waals surface area contributed by atoms with Gasteiger partial charge in [-0.2, -0.15) is 0 Å². The van der Waals surface area contributed by atoms with Gasteiger partial charge in [0.15, 0.2) is 0 Å². The molecule has 2 aliphatic rings. The number of nitrogens with one attached hydrogen (secondary N) is 1. The van der Waals surface area contributed by atoms with E-state index in [0.717, 1.165) is 25.9 Å². The molecule has 1 amide bonds. The highest BCUT2D eigenvalue weighted by atomic mass is 16.4. The maximum atomic E-state index is 12.3. The minimum Gasteiger partial charge on any atom is -0.481 e. The summed E-state index contributed by atoms with van der Waals surface area (Å²) >= 11 is 0. The van der Waals surface area contributed by atoms with Gasteiger partial charge in [-0.15, -0.1) is 0 Å². The van der Waals surface area contributed by atoms with Crippen LogP contribution >= 0.6 is 0 Å². The Morgan fingerprint density at radius 1 is 1.14 bits per heavy atom. The number of carboxylic acid groups (broad SMARTS) is 1. The van der Waals surface area contributed by atoms with Crippen molar-refractivity contribution < 1.29 is 14.7 Å².